The summed E-state index contributed by atoms with van der Waals surface area (Å²) in [5.41, 5.74) is 0.722. The number of fused-ring (bicyclic) bond motifs is 1. The molecule has 1 heterocycles. The van der Waals surface area contributed by atoms with Crippen LogP contribution in [0.15, 0.2) is 40.9 Å². The maximum Gasteiger partial charge on any atom is 0.286 e. The van der Waals surface area contributed by atoms with Crippen molar-refractivity contribution in [3.05, 3.63) is 50.3 Å². The average Bonchev–Trinajstić information content (AvgIpc) is 2.89. The lowest BCUT2D eigenvalue weighted by Gasteiger charge is -2.08. The van der Waals surface area contributed by atoms with Gasteiger partial charge in [-0.05, 0) is 29.1 Å². The maximum atomic E-state index is 12.1. The van der Waals surface area contributed by atoms with E-state index >= 15 is 0 Å². The number of rotatable bonds is 2. The molecule has 0 unspecified atom stereocenters. The molecule has 4 nitrogen and oxygen atoms in total. The minimum Gasteiger partial charge on any atom is -0.319 e. The Bertz CT molecular complexity index is 805. The highest BCUT2D eigenvalue weighted by atomic mass is 79.9. The fourth-order valence-corrected chi connectivity index (χ4v) is 3.05. The summed E-state index contributed by atoms with van der Waals surface area (Å²) in [5, 5.41) is 12.4. The van der Waals surface area contributed by atoms with Gasteiger partial charge in [0, 0.05) is 15.5 Å². The first-order valence-electron chi connectivity index (χ1n) is 5.63. The number of nitrogens with zero attached hydrogens (tertiary/aromatic N) is 2. The zero-order chi connectivity index (χ0) is 14.1. The molecule has 1 amide bonds. The standard InChI is InChI=1S/C13H7BrClN3OS/c14-9-5-6-10(8-4-2-1-3-7(8)9)16-11(19)12-17-18-13(15)20-12/h1-6H,(H,16,19). The van der Waals surface area contributed by atoms with Crippen LogP contribution >= 0.6 is 38.9 Å². The normalized spacial score (nSPS) is 10.7. The molecule has 100 valence electrons. The van der Waals surface area contributed by atoms with E-state index in [-0.39, 0.29) is 15.4 Å². The third kappa shape index (κ3) is 2.54. The number of benzene rings is 2. The van der Waals surface area contributed by atoms with Crippen molar-refractivity contribution in [2.75, 3.05) is 5.32 Å². The second kappa shape index (κ2) is 5.47. The van der Waals surface area contributed by atoms with Crippen LogP contribution in [0.3, 0.4) is 0 Å². The minimum atomic E-state index is -0.318. The topological polar surface area (TPSA) is 54.9 Å². The Balaban J connectivity index is 1.99. The highest BCUT2D eigenvalue weighted by Crippen LogP contribution is 2.30. The van der Waals surface area contributed by atoms with Crippen molar-refractivity contribution >= 4 is 61.2 Å². The molecular formula is C13H7BrClN3OS. The second-order valence-corrected chi connectivity index (χ2v) is 6.37. The molecule has 0 saturated heterocycles. The number of carbonyl (C=O) groups is 1. The Morgan fingerprint density at radius 3 is 2.60 bits per heavy atom. The van der Waals surface area contributed by atoms with Crippen LogP contribution in [0.1, 0.15) is 9.80 Å². The second-order valence-electron chi connectivity index (χ2n) is 3.95. The summed E-state index contributed by atoms with van der Waals surface area (Å²) < 4.78 is 1.22. The van der Waals surface area contributed by atoms with E-state index < -0.39 is 0 Å². The van der Waals surface area contributed by atoms with E-state index in [9.17, 15) is 4.79 Å². The largest absolute Gasteiger partial charge is 0.319 e. The quantitative estimate of drug-likeness (QED) is 0.731. The molecule has 3 rings (SSSR count). The number of hydrogen-bond acceptors (Lipinski definition) is 4. The SMILES string of the molecule is O=C(Nc1ccc(Br)c2ccccc12)c1nnc(Cl)s1. The van der Waals surface area contributed by atoms with Crippen molar-refractivity contribution in [1.82, 2.24) is 10.2 Å². The van der Waals surface area contributed by atoms with E-state index in [2.05, 4.69) is 31.4 Å². The summed E-state index contributed by atoms with van der Waals surface area (Å²) in [7, 11) is 0. The first-order chi connectivity index (χ1) is 9.65. The Morgan fingerprint density at radius 2 is 1.90 bits per heavy atom. The van der Waals surface area contributed by atoms with Gasteiger partial charge in [0.15, 0.2) is 0 Å². The molecule has 0 atom stereocenters. The molecule has 0 radical (unpaired) electrons. The lowest BCUT2D eigenvalue weighted by Crippen LogP contribution is -2.11. The van der Waals surface area contributed by atoms with Gasteiger partial charge in [0.25, 0.3) is 5.91 Å². The van der Waals surface area contributed by atoms with Crippen LogP contribution in [-0.2, 0) is 0 Å². The number of halogens is 2. The van der Waals surface area contributed by atoms with Crippen LogP contribution < -0.4 is 5.32 Å². The van der Waals surface area contributed by atoms with Crippen molar-refractivity contribution in [3.8, 4) is 0 Å². The van der Waals surface area contributed by atoms with E-state index in [0.717, 1.165) is 32.3 Å². The van der Waals surface area contributed by atoms with Gasteiger partial charge < -0.3 is 5.32 Å². The predicted octanol–water partition coefficient (Wildman–Crippen LogP) is 4.36. The lowest BCUT2D eigenvalue weighted by molar-refractivity contribution is 0.102. The minimum absolute atomic E-state index is 0.238. The van der Waals surface area contributed by atoms with Crippen LogP contribution in [0.2, 0.25) is 4.47 Å². The van der Waals surface area contributed by atoms with Crippen LogP contribution in [0, 0.1) is 0 Å². The Kier molecular flexibility index (Phi) is 3.69. The molecule has 20 heavy (non-hydrogen) atoms. The van der Waals surface area contributed by atoms with Crippen LogP contribution in [0.5, 0.6) is 0 Å². The average molecular weight is 369 g/mol. The molecule has 7 heteroatoms. The highest BCUT2D eigenvalue weighted by Gasteiger charge is 2.13. The molecule has 0 spiro atoms. The number of amides is 1. The monoisotopic (exact) mass is 367 g/mol. The number of aromatic nitrogens is 2. The van der Waals surface area contributed by atoms with Gasteiger partial charge in [-0.15, -0.1) is 10.2 Å². The van der Waals surface area contributed by atoms with Crippen molar-refractivity contribution in [3.63, 3.8) is 0 Å². The van der Waals surface area contributed by atoms with E-state index in [0.29, 0.717) is 0 Å². The third-order valence-corrected chi connectivity index (χ3v) is 4.42. The fraction of sp³-hybridized carbons (Fsp3) is 0. The van der Waals surface area contributed by atoms with Gasteiger partial charge in [-0.2, -0.15) is 0 Å². The van der Waals surface area contributed by atoms with Gasteiger partial charge in [0.2, 0.25) is 9.47 Å². The Morgan fingerprint density at radius 1 is 1.15 bits per heavy atom. The molecule has 0 fully saturated rings. The maximum absolute atomic E-state index is 12.1. The molecule has 0 saturated carbocycles. The van der Waals surface area contributed by atoms with Crippen LogP contribution in [0.25, 0.3) is 10.8 Å². The zero-order valence-electron chi connectivity index (χ0n) is 9.93. The van der Waals surface area contributed by atoms with Gasteiger partial charge in [0.1, 0.15) is 0 Å². The molecule has 0 aliphatic rings. The van der Waals surface area contributed by atoms with Crippen LogP contribution in [-0.4, -0.2) is 16.1 Å². The summed E-state index contributed by atoms with van der Waals surface area (Å²) in [5.74, 6) is -0.318. The van der Waals surface area contributed by atoms with E-state index in [1.165, 1.54) is 0 Å². The number of hydrogen-bond donors (Lipinski definition) is 1. The number of anilines is 1. The Labute approximate surface area is 131 Å². The van der Waals surface area contributed by atoms with Crippen molar-refractivity contribution in [2.45, 2.75) is 0 Å². The van der Waals surface area contributed by atoms with Gasteiger partial charge in [-0.3, -0.25) is 4.79 Å². The van der Waals surface area contributed by atoms with Crippen molar-refractivity contribution < 1.29 is 4.79 Å². The first kappa shape index (κ1) is 13.5. The lowest BCUT2D eigenvalue weighted by atomic mass is 10.1. The molecule has 3 aromatic rings. The van der Waals surface area contributed by atoms with Gasteiger partial charge >= 0.3 is 0 Å². The fourth-order valence-electron chi connectivity index (χ4n) is 1.84. The van der Waals surface area contributed by atoms with Crippen molar-refractivity contribution in [1.29, 1.82) is 0 Å². The summed E-state index contributed by atoms with van der Waals surface area (Å²) in [6, 6.07) is 11.5. The molecule has 0 aliphatic carbocycles. The van der Waals surface area contributed by atoms with Gasteiger partial charge in [-0.25, -0.2) is 0 Å². The molecular weight excluding hydrogens is 362 g/mol. The highest BCUT2D eigenvalue weighted by molar-refractivity contribution is 9.10. The molecule has 0 bridgehead atoms. The predicted molar refractivity (Wildman–Crippen MR) is 84.5 cm³/mol. The number of carbonyl (C=O) groups excluding carboxylic acids is 1. The summed E-state index contributed by atoms with van der Waals surface area (Å²) in [6.07, 6.45) is 0. The Hall–Kier alpha value is -1.50. The zero-order valence-corrected chi connectivity index (χ0v) is 13.1. The van der Waals surface area contributed by atoms with Gasteiger partial charge in [0.05, 0.1) is 0 Å². The molecule has 0 aliphatic heterocycles. The van der Waals surface area contributed by atoms with E-state index in [4.69, 9.17) is 11.6 Å². The van der Waals surface area contributed by atoms with E-state index in [1.54, 1.807) is 0 Å². The van der Waals surface area contributed by atoms with Crippen molar-refractivity contribution in [2.24, 2.45) is 0 Å². The molecule has 1 aromatic heterocycles. The first-order valence-corrected chi connectivity index (χ1v) is 7.61. The molecule has 2 aromatic carbocycles. The van der Waals surface area contributed by atoms with E-state index in [1.807, 2.05) is 36.4 Å². The smallest absolute Gasteiger partial charge is 0.286 e. The summed E-state index contributed by atoms with van der Waals surface area (Å²) >= 11 is 10.2. The third-order valence-electron chi connectivity index (χ3n) is 2.71. The molecule has 1 N–H and O–H groups in total. The summed E-state index contributed by atoms with van der Waals surface area (Å²) in [6.45, 7) is 0. The summed E-state index contributed by atoms with van der Waals surface area (Å²) in [4.78, 5) is 12.1. The van der Waals surface area contributed by atoms with Gasteiger partial charge in [-0.1, -0.05) is 51.5 Å². The van der Waals surface area contributed by atoms with Crippen LogP contribution in [0.4, 0.5) is 5.69 Å². The number of nitrogens with one attached hydrogen (secondary N) is 1.